The van der Waals surface area contributed by atoms with E-state index in [0.29, 0.717) is 42.1 Å². The van der Waals surface area contributed by atoms with Gasteiger partial charge in [-0.2, -0.15) is 0 Å². The van der Waals surface area contributed by atoms with Gasteiger partial charge in [-0.15, -0.1) is 0 Å². The number of carbonyl (C=O) groups is 2. The number of benzene rings is 1. The second kappa shape index (κ2) is 5.48. The van der Waals surface area contributed by atoms with E-state index in [4.69, 9.17) is 9.84 Å². The van der Waals surface area contributed by atoms with Gasteiger partial charge in [0.1, 0.15) is 18.0 Å². The number of imidazole rings is 1. The van der Waals surface area contributed by atoms with Crippen LogP contribution in [0.2, 0.25) is 0 Å². The normalized spacial score (nSPS) is 23.5. The Morgan fingerprint density at radius 2 is 2.33 bits per heavy atom. The summed E-state index contributed by atoms with van der Waals surface area (Å²) in [4.78, 5) is 33.1. The van der Waals surface area contributed by atoms with E-state index in [2.05, 4.69) is 15.3 Å². The van der Waals surface area contributed by atoms with Gasteiger partial charge in [0.15, 0.2) is 0 Å². The van der Waals surface area contributed by atoms with Gasteiger partial charge in [-0.3, -0.25) is 4.79 Å². The summed E-state index contributed by atoms with van der Waals surface area (Å²) in [6.45, 7) is 1.30. The van der Waals surface area contributed by atoms with E-state index in [1.807, 2.05) is 0 Å². The largest absolute Gasteiger partial charge is 0.439 e. The average molecular weight is 330 g/mol. The number of hydrogen-bond acceptors (Lipinski definition) is 5. The highest BCUT2D eigenvalue weighted by molar-refractivity contribution is 5.97. The molecule has 0 saturated carbocycles. The number of piperidine rings is 1. The number of ether oxygens (including phenoxy) is 1. The van der Waals surface area contributed by atoms with Crippen LogP contribution in [0, 0.1) is 0 Å². The smallest absolute Gasteiger partial charge is 0.407 e. The molecule has 8 heteroatoms. The van der Waals surface area contributed by atoms with E-state index in [9.17, 15) is 9.59 Å². The number of alkyl carbamates (subject to hydrolysis) is 1. The number of aliphatic hydroxyl groups excluding tert-OH is 1. The minimum Gasteiger partial charge on any atom is -0.439 e. The molecule has 24 heavy (non-hydrogen) atoms. The first-order valence-corrected chi connectivity index (χ1v) is 7.94. The Labute approximate surface area is 137 Å². The highest BCUT2D eigenvalue weighted by Crippen LogP contribution is 2.29. The number of amides is 2. The Morgan fingerprint density at radius 3 is 3.08 bits per heavy atom. The zero-order valence-electron chi connectivity index (χ0n) is 13.0. The predicted octanol–water partition coefficient (Wildman–Crippen LogP) is 0.770. The molecular weight excluding hydrogens is 312 g/mol. The molecule has 8 nitrogen and oxygen atoms in total. The molecule has 4 rings (SSSR count). The Balaban J connectivity index is 1.57. The molecule has 2 aromatic rings. The summed E-state index contributed by atoms with van der Waals surface area (Å²) in [5, 5.41) is 11.8. The Morgan fingerprint density at radius 1 is 1.46 bits per heavy atom. The highest BCUT2D eigenvalue weighted by atomic mass is 16.6. The third kappa shape index (κ3) is 2.48. The van der Waals surface area contributed by atoms with Crippen molar-refractivity contribution in [1.82, 2.24) is 20.2 Å². The van der Waals surface area contributed by atoms with Crippen molar-refractivity contribution in [3.63, 3.8) is 0 Å². The first-order chi connectivity index (χ1) is 11.6. The van der Waals surface area contributed by atoms with Crippen LogP contribution in [0.15, 0.2) is 18.2 Å². The number of hydrogen-bond donors (Lipinski definition) is 3. The number of carbonyl (C=O) groups excluding carboxylic acids is 2. The lowest BCUT2D eigenvalue weighted by molar-refractivity contribution is -0.00503. The summed E-state index contributed by atoms with van der Waals surface area (Å²) in [6.07, 6.45) is 1.14. The second-order valence-corrected chi connectivity index (χ2v) is 6.33. The standard InChI is InChI=1S/C16H18N4O4/c21-7-13-18-11-3-2-10(6-12(11)19-13)14(22)20-5-1-4-16(9-20)8-17-15(23)24-16/h2-3,6,21H,1,4-5,7-9H2,(H,17,23)(H,18,19)/t16-/m0/s1. The summed E-state index contributed by atoms with van der Waals surface area (Å²) in [6, 6.07) is 5.23. The van der Waals surface area contributed by atoms with E-state index in [0.717, 1.165) is 12.8 Å². The topological polar surface area (TPSA) is 108 Å². The van der Waals surface area contributed by atoms with Crippen LogP contribution >= 0.6 is 0 Å². The van der Waals surface area contributed by atoms with Crippen molar-refractivity contribution < 1.29 is 19.4 Å². The van der Waals surface area contributed by atoms with Crippen molar-refractivity contribution in [2.75, 3.05) is 19.6 Å². The maximum Gasteiger partial charge on any atom is 0.407 e. The summed E-state index contributed by atoms with van der Waals surface area (Å²) in [5.41, 5.74) is 1.36. The number of rotatable bonds is 2. The third-order valence-corrected chi connectivity index (χ3v) is 4.62. The summed E-state index contributed by atoms with van der Waals surface area (Å²) in [7, 11) is 0. The molecule has 0 bridgehead atoms. The molecule has 0 unspecified atom stereocenters. The van der Waals surface area contributed by atoms with Crippen molar-refractivity contribution in [1.29, 1.82) is 0 Å². The summed E-state index contributed by atoms with van der Waals surface area (Å²) >= 11 is 0. The number of aromatic nitrogens is 2. The van der Waals surface area contributed by atoms with Crippen molar-refractivity contribution in [3.05, 3.63) is 29.6 Å². The summed E-state index contributed by atoms with van der Waals surface area (Å²) < 4.78 is 5.41. The molecule has 2 aliphatic heterocycles. The van der Waals surface area contributed by atoms with Gasteiger partial charge >= 0.3 is 6.09 Å². The molecule has 3 heterocycles. The third-order valence-electron chi connectivity index (χ3n) is 4.62. The van der Waals surface area contributed by atoms with Crippen LogP contribution in [0.5, 0.6) is 0 Å². The van der Waals surface area contributed by atoms with Gasteiger partial charge in [0.05, 0.1) is 24.1 Å². The van der Waals surface area contributed by atoms with Gasteiger partial charge < -0.3 is 25.0 Å². The van der Waals surface area contributed by atoms with Crippen LogP contribution in [-0.4, -0.2) is 57.2 Å². The fourth-order valence-electron chi connectivity index (χ4n) is 3.45. The number of nitrogens with zero attached hydrogens (tertiary/aromatic N) is 2. The molecule has 1 aromatic carbocycles. The minimum atomic E-state index is -0.604. The van der Waals surface area contributed by atoms with Crippen LogP contribution in [-0.2, 0) is 11.3 Å². The minimum absolute atomic E-state index is 0.0981. The number of likely N-dealkylation sites (tertiary alicyclic amines) is 1. The van der Waals surface area contributed by atoms with E-state index in [1.165, 1.54) is 0 Å². The first-order valence-electron chi connectivity index (χ1n) is 7.94. The first kappa shape index (κ1) is 14.9. The molecule has 0 radical (unpaired) electrons. The fourth-order valence-corrected chi connectivity index (χ4v) is 3.45. The van der Waals surface area contributed by atoms with Crippen molar-refractivity contribution in [2.45, 2.75) is 25.0 Å². The number of H-pyrrole nitrogens is 1. The summed E-state index contributed by atoms with van der Waals surface area (Å²) in [5.74, 6) is 0.370. The molecule has 2 fully saturated rings. The van der Waals surface area contributed by atoms with Crippen LogP contribution < -0.4 is 5.32 Å². The van der Waals surface area contributed by atoms with Gasteiger partial charge in [-0.05, 0) is 31.0 Å². The zero-order chi connectivity index (χ0) is 16.7. The fraction of sp³-hybridized carbons (Fsp3) is 0.438. The van der Waals surface area contributed by atoms with E-state index < -0.39 is 11.7 Å². The molecular formula is C16H18N4O4. The van der Waals surface area contributed by atoms with Gasteiger partial charge in [-0.1, -0.05) is 0 Å². The molecule has 1 spiro atoms. The lowest BCUT2D eigenvalue weighted by Gasteiger charge is -2.38. The van der Waals surface area contributed by atoms with Crippen molar-refractivity contribution >= 4 is 23.0 Å². The van der Waals surface area contributed by atoms with E-state index >= 15 is 0 Å². The maximum absolute atomic E-state index is 12.8. The average Bonchev–Trinajstić information content (AvgIpc) is 3.16. The van der Waals surface area contributed by atoms with Crippen molar-refractivity contribution in [3.8, 4) is 0 Å². The van der Waals surface area contributed by atoms with E-state index in [-0.39, 0.29) is 12.5 Å². The van der Waals surface area contributed by atoms with Crippen LogP contribution in [0.4, 0.5) is 4.79 Å². The van der Waals surface area contributed by atoms with Gasteiger partial charge in [0.2, 0.25) is 0 Å². The molecule has 1 atom stereocenters. The van der Waals surface area contributed by atoms with Crippen LogP contribution in [0.25, 0.3) is 11.0 Å². The van der Waals surface area contributed by atoms with Gasteiger partial charge in [0, 0.05) is 12.1 Å². The molecule has 2 saturated heterocycles. The van der Waals surface area contributed by atoms with Crippen molar-refractivity contribution in [2.24, 2.45) is 0 Å². The number of aromatic amines is 1. The molecule has 3 N–H and O–H groups in total. The molecule has 2 amide bonds. The number of fused-ring (bicyclic) bond motifs is 1. The number of aliphatic hydroxyl groups is 1. The quantitative estimate of drug-likeness (QED) is 0.754. The zero-order valence-corrected chi connectivity index (χ0v) is 13.0. The lowest BCUT2D eigenvalue weighted by atomic mass is 9.92. The lowest BCUT2D eigenvalue weighted by Crippen LogP contribution is -2.52. The Bertz CT molecular complexity index is 818. The van der Waals surface area contributed by atoms with Crippen LogP contribution in [0.1, 0.15) is 29.0 Å². The Kier molecular flexibility index (Phi) is 3.42. The number of nitrogens with one attached hydrogen (secondary N) is 2. The molecule has 126 valence electrons. The highest BCUT2D eigenvalue weighted by Gasteiger charge is 2.44. The van der Waals surface area contributed by atoms with Crippen LogP contribution in [0.3, 0.4) is 0 Å². The molecule has 2 aliphatic rings. The van der Waals surface area contributed by atoms with Gasteiger partial charge in [0.25, 0.3) is 5.91 Å². The van der Waals surface area contributed by atoms with E-state index in [1.54, 1.807) is 23.1 Å². The maximum atomic E-state index is 12.8. The van der Waals surface area contributed by atoms with Gasteiger partial charge in [-0.25, -0.2) is 9.78 Å². The second-order valence-electron chi connectivity index (χ2n) is 6.33. The molecule has 1 aromatic heterocycles. The molecule has 0 aliphatic carbocycles. The monoisotopic (exact) mass is 330 g/mol. The Hall–Kier alpha value is -2.61. The predicted molar refractivity (Wildman–Crippen MR) is 84.4 cm³/mol. The SMILES string of the molecule is O=C1NC[C@]2(CCCN(C(=O)c3ccc4nc(CO)[nH]c4c3)C2)O1.